The Kier molecular flexibility index (Phi) is 5.90. The topological polar surface area (TPSA) is 62.1 Å². The summed E-state index contributed by atoms with van der Waals surface area (Å²) in [4.78, 5) is 12.4. The summed E-state index contributed by atoms with van der Waals surface area (Å²) in [5.74, 6) is 2.70. The van der Waals surface area contributed by atoms with Crippen LogP contribution in [-0.4, -0.2) is 23.5 Å². The number of ether oxygens (including phenoxy) is 1. The van der Waals surface area contributed by atoms with Crippen LogP contribution in [0.25, 0.3) is 0 Å². The van der Waals surface area contributed by atoms with Gasteiger partial charge in [0.05, 0.1) is 16.2 Å². The molecule has 1 N–H and O–H groups in total. The van der Waals surface area contributed by atoms with E-state index in [1.54, 1.807) is 31.2 Å². The van der Waals surface area contributed by atoms with Crippen molar-refractivity contribution < 1.29 is 9.53 Å². The number of carbonyl (C=O) groups is 1. The van der Waals surface area contributed by atoms with E-state index in [1.807, 2.05) is 41.7 Å². The number of anilines is 1. The van der Waals surface area contributed by atoms with E-state index in [-0.39, 0.29) is 5.91 Å². The van der Waals surface area contributed by atoms with Crippen molar-refractivity contribution in [1.82, 2.24) is 0 Å². The van der Waals surface area contributed by atoms with Gasteiger partial charge >= 0.3 is 0 Å². The lowest BCUT2D eigenvalue weighted by Crippen LogP contribution is -2.30. The molecule has 0 saturated carbocycles. The Labute approximate surface area is 156 Å². The second-order valence-electron chi connectivity index (χ2n) is 5.58. The van der Waals surface area contributed by atoms with E-state index in [4.69, 9.17) is 10.00 Å². The van der Waals surface area contributed by atoms with Gasteiger partial charge in [0.15, 0.2) is 6.10 Å². The second kappa shape index (κ2) is 8.32. The lowest BCUT2D eigenvalue weighted by molar-refractivity contribution is -0.122. The minimum Gasteiger partial charge on any atom is -0.481 e. The van der Waals surface area contributed by atoms with Gasteiger partial charge in [0.2, 0.25) is 0 Å². The molecule has 0 spiro atoms. The molecular weight excluding hydrogens is 352 g/mol. The molecule has 1 unspecified atom stereocenters. The molecule has 2 aromatic carbocycles. The Bertz CT molecular complexity index is 781. The van der Waals surface area contributed by atoms with Crippen LogP contribution in [0.2, 0.25) is 0 Å². The monoisotopic (exact) mass is 370 g/mol. The van der Waals surface area contributed by atoms with Crippen molar-refractivity contribution in [3.8, 4) is 11.8 Å². The van der Waals surface area contributed by atoms with E-state index < -0.39 is 6.10 Å². The first-order valence-corrected chi connectivity index (χ1v) is 10.1. The van der Waals surface area contributed by atoms with E-state index >= 15 is 0 Å². The maximum absolute atomic E-state index is 12.4. The highest BCUT2D eigenvalue weighted by molar-refractivity contribution is 8.19. The van der Waals surface area contributed by atoms with Crippen LogP contribution in [0.3, 0.4) is 0 Å². The highest BCUT2D eigenvalue weighted by Gasteiger charge is 2.19. The summed E-state index contributed by atoms with van der Waals surface area (Å²) >= 11 is 3.87. The molecule has 1 heterocycles. The highest BCUT2D eigenvalue weighted by Crippen LogP contribution is 2.45. The van der Waals surface area contributed by atoms with Crippen LogP contribution in [0.1, 0.15) is 22.6 Å². The summed E-state index contributed by atoms with van der Waals surface area (Å²) in [5, 5.41) is 11.7. The van der Waals surface area contributed by atoms with Crippen LogP contribution in [0, 0.1) is 11.3 Å². The Balaban J connectivity index is 1.61. The Morgan fingerprint density at radius 3 is 2.64 bits per heavy atom. The van der Waals surface area contributed by atoms with Gasteiger partial charge in [-0.25, -0.2) is 0 Å². The zero-order chi connectivity index (χ0) is 17.6. The number of nitrogens with one attached hydrogen (secondary N) is 1. The molecule has 1 atom stereocenters. The molecule has 3 rings (SSSR count). The normalized spacial score (nSPS) is 15.4. The summed E-state index contributed by atoms with van der Waals surface area (Å²) in [6, 6.07) is 16.8. The van der Waals surface area contributed by atoms with Gasteiger partial charge < -0.3 is 10.1 Å². The number of benzene rings is 2. The molecule has 1 aliphatic heterocycles. The number of nitrogens with zero attached hydrogens (tertiary/aromatic N) is 1. The maximum Gasteiger partial charge on any atom is 0.265 e. The van der Waals surface area contributed by atoms with Crippen LogP contribution in [-0.2, 0) is 4.79 Å². The first-order valence-electron chi connectivity index (χ1n) is 7.96. The number of amides is 1. The molecule has 6 heteroatoms. The number of nitriles is 1. The number of hydrogen-bond donors (Lipinski definition) is 1. The third kappa shape index (κ3) is 4.71. The third-order valence-corrected chi connectivity index (χ3v) is 6.82. The van der Waals surface area contributed by atoms with Gasteiger partial charge in [0, 0.05) is 17.2 Å². The Morgan fingerprint density at radius 1 is 1.24 bits per heavy atom. The standard InChI is InChI=1S/C19H18N2O2S2/c1-13(23-17-7-5-14(12-20)6-8-17)18(22)21-16-4-2-3-15(11-16)19-24-9-10-25-19/h2-8,11,13,19H,9-10H2,1H3,(H,21,22). The van der Waals surface area contributed by atoms with Gasteiger partial charge in [-0.3, -0.25) is 4.79 Å². The summed E-state index contributed by atoms with van der Waals surface area (Å²) in [7, 11) is 0. The van der Waals surface area contributed by atoms with E-state index in [0.717, 1.165) is 5.69 Å². The fraction of sp³-hybridized carbons (Fsp3) is 0.263. The van der Waals surface area contributed by atoms with Crippen LogP contribution < -0.4 is 10.1 Å². The van der Waals surface area contributed by atoms with E-state index in [2.05, 4.69) is 17.5 Å². The van der Waals surface area contributed by atoms with Crippen LogP contribution in [0.5, 0.6) is 5.75 Å². The second-order valence-corrected chi connectivity index (χ2v) is 8.31. The van der Waals surface area contributed by atoms with E-state index in [0.29, 0.717) is 15.9 Å². The van der Waals surface area contributed by atoms with Crippen LogP contribution >= 0.6 is 23.5 Å². The quantitative estimate of drug-likeness (QED) is 0.843. The fourth-order valence-electron chi connectivity index (χ4n) is 2.42. The van der Waals surface area contributed by atoms with Gasteiger partial charge in [-0.05, 0) is 48.9 Å². The van der Waals surface area contributed by atoms with Crippen LogP contribution in [0.15, 0.2) is 48.5 Å². The van der Waals surface area contributed by atoms with Crippen LogP contribution in [0.4, 0.5) is 5.69 Å². The SMILES string of the molecule is CC(Oc1ccc(C#N)cc1)C(=O)Nc1cccc(C2SCCS2)c1. The van der Waals surface area contributed by atoms with Gasteiger partial charge in [-0.1, -0.05) is 12.1 Å². The number of thioether (sulfide) groups is 2. The maximum atomic E-state index is 12.4. The molecule has 4 nitrogen and oxygen atoms in total. The van der Waals surface area contributed by atoms with Crippen molar-refractivity contribution in [2.75, 3.05) is 16.8 Å². The summed E-state index contributed by atoms with van der Waals surface area (Å²) in [5.41, 5.74) is 2.57. The van der Waals surface area contributed by atoms with Crippen molar-refractivity contribution in [1.29, 1.82) is 5.26 Å². The van der Waals surface area contributed by atoms with Gasteiger partial charge in [-0.15, -0.1) is 23.5 Å². The number of rotatable bonds is 5. The first kappa shape index (κ1) is 17.7. The molecule has 1 fully saturated rings. The molecule has 1 saturated heterocycles. The average molecular weight is 370 g/mol. The summed E-state index contributed by atoms with van der Waals surface area (Å²) in [6.07, 6.45) is -0.633. The smallest absolute Gasteiger partial charge is 0.265 e. The van der Waals surface area contributed by atoms with Crippen molar-refractivity contribution >= 4 is 35.1 Å². The summed E-state index contributed by atoms with van der Waals surface area (Å²) < 4.78 is 6.10. The fourth-order valence-corrected chi connectivity index (χ4v) is 5.26. The number of carbonyl (C=O) groups excluding carboxylic acids is 1. The predicted octanol–water partition coefficient (Wildman–Crippen LogP) is 4.44. The zero-order valence-corrected chi connectivity index (χ0v) is 15.4. The van der Waals surface area contributed by atoms with Gasteiger partial charge in [0.25, 0.3) is 5.91 Å². The largest absolute Gasteiger partial charge is 0.481 e. The van der Waals surface area contributed by atoms with Crippen molar-refractivity contribution in [3.63, 3.8) is 0 Å². The molecule has 2 aromatic rings. The Morgan fingerprint density at radius 2 is 1.96 bits per heavy atom. The lowest BCUT2D eigenvalue weighted by Gasteiger charge is -2.16. The Hall–Kier alpha value is -2.10. The van der Waals surface area contributed by atoms with Crippen molar-refractivity contribution in [2.45, 2.75) is 17.6 Å². The van der Waals surface area contributed by atoms with Crippen molar-refractivity contribution in [2.24, 2.45) is 0 Å². The lowest BCUT2D eigenvalue weighted by atomic mass is 10.2. The molecule has 128 valence electrons. The van der Waals surface area contributed by atoms with E-state index in [9.17, 15) is 4.79 Å². The van der Waals surface area contributed by atoms with E-state index in [1.165, 1.54) is 17.1 Å². The zero-order valence-electron chi connectivity index (χ0n) is 13.8. The minimum atomic E-state index is -0.633. The van der Waals surface area contributed by atoms with Gasteiger partial charge in [0.1, 0.15) is 5.75 Å². The minimum absolute atomic E-state index is 0.201. The molecule has 1 aliphatic rings. The van der Waals surface area contributed by atoms with Gasteiger partial charge in [-0.2, -0.15) is 5.26 Å². The molecule has 0 aliphatic carbocycles. The highest BCUT2D eigenvalue weighted by atomic mass is 32.2. The molecule has 1 amide bonds. The molecule has 0 aromatic heterocycles. The predicted molar refractivity (Wildman–Crippen MR) is 104 cm³/mol. The van der Waals surface area contributed by atoms with Crippen molar-refractivity contribution in [3.05, 3.63) is 59.7 Å². The number of hydrogen-bond acceptors (Lipinski definition) is 5. The first-order chi connectivity index (χ1) is 12.2. The molecule has 25 heavy (non-hydrogen) atoms. The molecule has 0 radical (unpaired) electrons. The average Bonchev–Trinajstić information content (AvgIpc) is 3.17. The third-order valence-electron chi connectivity index (χ3n) is 3.71. The molecular formula is C19H18N2O2S2. The molecule has 0 bridgehead atoms. The summed E-state index contributed by atoms with van der Waals surface area (Å²) in [6.45, 7) is 1.71.